The summed E-state index contributed by atoms with van der Waals surface area (Å²) >= 11 is -1.98. The Morgan fingerprint density at radius 3 is 2.47 bits per heavy atom. The number of nitrogens with one attached hydrogen (secondary N) is 1. The van der Waals surface area contributed by atoms with Crippen LogP contribution in [0.15, 0.2) is 30.3 Å². The molecule has 2 unspecified atom stereocenters. The van der Waals surface area contributed by atoms with Crippen molar-refractivity contribution in [2.75, 3.05) is 14.1 Å². The van der Waals surface area contributed by atoms with E-state index in [1.807, 2.05) is 49.3 Å². The predicted octanol–water partition coefficient (Wildman–Crippen LogP) is 0.843. The molecule has 0 aliphatic heterocycles. The first-order valence-electron chi connectivity index (χ1n) is 4.67. The van der Waals surface area contributed by atoms with Gasteiger partial charge in [0, 0.05) is 6.42 Å². The van der Waals surface area contributed by atoms with Gasteiger partial charge in [-0.05, 0) is 19.7 Å². The summed E-state index contributed by atoms with van der Waals surface area (Å²) in [4.78, 5) is 1.88. The summed E-state index contributed by atoms with van der Waals surface area (Å²) in [6.07, 6.45) is 0.554. The molecule has 0 radical (unpaired) electrons. The minimum atomic E-state index is -1.98. The number of rotatable bonds is 5. The van der Waals surface area contributed by atoms with Crippen molar-refractivity contribution in [3.8, 4) is 0 Å². The first kappa shape index (κ1) is 12.3. The van der Waals surface area contributed by atoms with Crippen LogP contribution in [0.2, 0.25) is 0 Å². The lowest BCUT2D eigenvalue weighted by atomic mass is 10.1. The summed E-state index contributed by atoms with van der Waals surface area (Å²) in [6.45, 7) is 0. The molecule has 0 amide bonds. The molecule has 0 aromatic heterocycles. The van der Waals surface area contributed by atoms with Crippen LogP contribution in [0.1, 0.15) is 5.56 Å². The molecule has 2 N–H and O–H groups in total. The van der Waals surface area contributed by atoms with Gasteiger partial charge in [0.1, 0.15) is 0 Å². The van der Waals surface area contributed by atoms with Gasteiger partial charge >= 0.3 is 0 Å². The fraction of sp³-hybridized carbons (Fsp3) is 0.400. The van der Waals surface area contributed by atoms with E-state index in [2.05, 4.69) is 4.72 Å². The maximum atomic E-state index is 10.7. The molecule has 0 fully saturated rings. The minimum absolute atomic E-state index is 0.141. The van der Waals surface area contributed by atoms with Gasteiger partial charge in [0.2, 0.25) is 11.3 Å². The monoisotopic (exact) mass is 228 g/mol. The second kappa shape index (κ2) is 5.97. The van der Waals surface area contributed by atoms with Crippen molar-refractivity contribution in [3.63, 3.8) is 0 Å². The van der Waals surface area contributed by atoms with Crippen molar-refractivity contribution in [1.29, 1.82) is 0 Å². The van der Waals surface area contributed by atoms with Gasteiger partial charge in [0.25, 0.3) is 0 Å². The molecule has 15 heavy (non-hydrogen) atoms. The standard InChI is InChI=1S/C10H16N2O2S/c1-12(2)10(11-15(13)14)8-9-6-4-3-5-7-9/h3-7,10-11H,8H2,1-2H3,(H,13,14). The Balaban J connectivity index is 2.63. The minimum Gasteiger partial charge on any atom is -0.294 e. The first-order chi connectivity index (χ1) is 7.09. The van der Waals surface area contributed by atoms with E-state index in [1.165, 1.54) is 0 Å². The highest BCUT2D eigenvalue weighted by Gasteiger charge is 2.13. The van der Waals surface area contributed by atoms with E-state index in [-0.39, 0.29) is 6.17 Å². The topological polar surface area (TPSA) is 52.6 Å². The molecule has 0 saturated carbocycles. The number of benzene rings is 1. The van der Waals surface area contributed by atoms with Crippen molar-refractivity contribution in [2.24, 2.45) is 0 Å². The highest BCUT2D eigenvalue weighted by molar-refractivity contribution is 7.77. The van der Waals surface area contributed by atoms with E-state index >= 15 is 0 Å². The van der Waals surface area contributed by atoms with Gasteiger partial charge in [-0.2, -0.15) is 4.72 Å². The van der Waals surface area contributed by atoms with Crippen molar-refractivity contribution in [2.45, 2.75) is 12.6 Å². The molecule has 1 aromatic carbocycles. The SMILES string of the molecule is CN(C)C(Cc1ccccc1)NS(=O)O. The van der Waals surface area contributed by atoms with Crippen LogP contribution in [0.5, 0.6) is 0 Å². The molecule has 0 aliphatic rings. The van der Waals surface area contributed by atoms with Gasteiger partial charge < -0.3 is 0 Å². The Morgan fingerprint density at radius 1 is 1.40 bits per heavy atom. The van der Waals surface area contributed by atoms with Crippen molar-refractivity contribution in [3.05, 3.63) is 35.9 Å². The zero-order chi connectivity index (χ0) is 11.3. The fourth-order valence-corrected chi connectivity index (χ4v) is 1.81. The Labute approximate surface area is 92.7 Å². The number of hydrogen-bond donors (Lipinski definition) is 2. The Hall–Kier alpha value is -0.750. The third kappa shape index (κ3) is 4.53. The summed E-state index contributed by atoms with van der Waals surface area (Å²) in [5.74, 6) is 0. The maximum Gasteiger partial charge on any atom is 0.233 e. The first-order valence-corrected chi connectivity index (χ1v) is 5.77. The molecular weight excluding hydrogens is 212 g/mol. The zero-order valence-electron chi connectivity index (χ0n) is 8.88. The number of likely N-dealkylation sites (N-methyl/N-ethyl adjacent to an activating group) is 1. The van der Waals surface area contributed by atoms with Gasteiger partial charge in [0.15, 0.2) is 0 Å². The maximum absolute atomic E-state index is 10.7. The van der Waals surface area contributed by atoms with Crippen LogP contribution in [0.3, 0.4) is 0 Å². The summed E-state index contributed by atoms with van der Waals surface area (Å²) in [6, 6.07) is 9.86. The molecule has 84 valence electrons. The highest BCUT2D eigenvalue weighted by Crippen LogP contribution is 2.04. The Bertz CT molecular complexity index is 316. The van der Waals surface area contributed by atoms with Gasteiger partial charge in [-0.1, -0.05) is 30.3 Å². The number of hydrogen-bond acceptors (Lipinski definition) is 2. The molecule has 0 aliphatic carbocycles. The summed E-state index contributed by atoms with van der Waals surface area (Å²) in [7, 11) is 3.74. The summed E-state index contributed by atoms with van der Waals surface area (Å²) in [5.41, 5.74) is 1.13. The van der Waals surface area contributed by atoms with Crippen LogP contribution in [0.25, 0.3) is 0 Å². The third-order valence-corrected chi connectivity index (χ3v) is 2.61. The average molecular weight is 228 g/mol. The molecule has 4 nitrogen and oxygen atoms in total. The molecule has 1 rings (SSSR count). The summed E-state index contributed by atoms with van der Waals surface area (Å²) in [5, 5.41) is 0. The van der Waals surface area contributed by atoms with Crippen molar-refractivity contribution in [1.82, 2.24) is 9.62 Å². The zero-order valence-corrected chi connectivity index (χ0v) is 9.70. The lowest BCUT2D eigenvalue weighted by molar-refractivity contribution is 0.275. The quantitative estimate of drug-likeness (QED) is 0.580. The Morgan fingerprint density at radius 2 is 2.00 bits per heavy atom. The number of nitrogens with zero attached hydrogens (tertiary/aromatic N) is 1. The van der Waals surface area contributed by atoms with E-state index in [0.29, 0.717) is 6.42 Å². The second-order valence-electron chi connectivity index (χ2n) is 3.54. The van der Waals surface area contributed by atoms with Gasteiger partial charge in [-0.25, -0.2) is 4.21 Å². The normalized spacial score (nSPS) is 15.2. The Kier molecular flexibility index (Phi) is 4.90. The summed E-state index contributed by atoms with van der Waals surface area (Å²) < 4.78 is 22.0. The van der Waals surface area contributed by atoms with E-state index in [4.69, 9.17) is 4.55 Å². The molecule has 0 bridgehead atoms. The predicted molar refractivity (Wildman–Crippen MR) is 61.5 cm³/mol. The van der Waals surface area contributed by atoms with Crippen molar-refractivity contribution >= 4 is 11.3 Å². The lowest BCUT2D eigenvalue weighted by Gasteiger charge is -2.23. The van der Waals surface area contributed by atoms with Crippen LogP contribution in [-0.2, 0) is 17.7 Å². The average Bonchev–Trinajstić information content (AvgIpc) is 2.17. The van der Waals surface area contributed by atoms with Crippen LogP contribution in [0, 0.1) is 0 Å². The van der Waals surface area contributed by atoms with Crippen LogP contribution in [-0.4, -0.2) is 33.9 Å². The molecule has 0 saturated heterocycles. The van der Waals surface area contributed by atoms with E-state index in [0.717, 1.165) is 5.56 Å². The highest BCUT2D eigenvalue weighted by atomic mass is 32.2. The smallest absolute Gasteiger partial charge is 0.233 e. The molecule has 0 spiro atoms. The van der Waals surface area contributed by atoms with Crippen LogP contribution < -0.4 is 4.72 Å². The molecular formula is C10H16N2O2S. The third-order valence-electron chi connectivity index (χ3n) is 2.13. The van der Waals surface area contributed by atoms with Gasteiger partial charge in [0.05, 0.1) is 6.17 Å². The molecule has 5 heteroatoms. The molecule has 1 aromatic rings. The fourth-order valence-electron chi connectivity index (χ4n) is 1.28. The van der Waals surface area contributed by atoms with Crippen LogP contribution in [0.4, 0.5) is 0 Å². The second-order valence-corrected chi connectivity index (χ2v) is 4.27. The van der Waals surface area contributed by atoms with Crippen molar-refractivity contribution < 1.29 is 8.76 Å². The molecule has 2 atom stereocenters. The van der Waals surface area contributed by atoms with Gasteiger partial charge in [-0.3, -0.25) is 9.45 Å². The van der Waals surface area contributed by atoms with E-state index < -0.39 is 11.3 Å². The largest absolute Gasteiger partial charge is 0.294 e. The lowest BCUT2D eigenvalue weighted by Crippen LogP contribution is -2.43. The van der Waals surface area contributed by atoms with Crippen LogP contribution >= 0.6 is 0 Å². The van der Waals surface area contributed by atoms with Gasteiger partial charge in [-0.15, -0.1) is 0 Å². The molecule has 0 heterocycles. The van der Waals surface area contributed by atoms with E-state index in [9.17, 15) is 4.21 Å². The van der Waals surface area contributed by atoms with E-state index in [1.54, 1.807) is 0 Å².